The van der Waals surface area contributed by atoms with Crippen LogP contribution in [0.15, 0.2) is 115 Å². The van der Waals surface area contributed by atoms with Crippen molar-refractivity contribution in [3.63, 3.8) is 0 Å². The molecule has 0 bridgehead atoms. The van der Waals surface area contributed by atoms with E-state index in [0.29, 0.717) is 0 Å². The zero-order chi connectivity index (χ0) is 21.7. The summed E-state index contributed by atoms with van der Waals surface area (Å²) >= 11 is 0. The molecule has 0 unspecified atom stereocenters. The molecule has 0 atom stereocenters. The first kappa shape index (κ1) is 26.1. The zero-order valence-electron chi connectivity index (χ0n) is 19.0. The van der Waals surface area contributed by atoms with Crippen LogP contribution in [0.25, 0.3) is 10.8 Å². The molecule has 0 N–H and O–H groups in total. The fourth-order valence-electron chi connectivity index (χ4n) is 3.31. The minimum atomic E-state index is 0. The average Bonchev–Trinajstić information content (AvgIpc) is 3.53. The van der Waals surface area contributed by atoms with Crippen LogP contribution in [-0.4, -0.2) is 13.3 Å². The molecule has 4 aromatic carbocycles. The summed E-state index contributed by atoms with van der Waals surface area (Å²) in [4.78, 5) is 0. The minimum Gasteiger partial charge on any atom is -0.273 e. The monoisotopic (exact) mass is 470 g/mol. The topological polar surface area (TPSA) is 0 Å². The first-order valence-corrected chi connectivity index (χ1v) is 13.1. The van der Waals surface area contributed by atoms with Crippen LogP contribution in [0.1, 0.15) is 17.5 Å². The number of hydrogen-bond donors (Lipinski definition) is 0. The normalized spacial score (nSPS) is 11.3. The molecule has 0 saturated heterocycles. The molecule has 1 aliphatic rings. The van der Waals surface area contributed by atoms with Crippen molar-refractivity contribution in [1.29, 1.82) is 0 Å². The second-order valence-corrected chi connectivity index (χ2v) is 10.0. The van der Waals surface area contributed by atoms with Gasteiger partial charge in [0.15, 0.2) is 0 Å². The van der Waals surface area contributed by atoms with Crippen molar-refractivity contribution in [3.8, 4) is 0 Å². The molecule has 0 spiro atoms. The van der Waals surface area contributed by atoms with E-state index in [4.69, 9.17) is 0 Å². The van der Waals surface area contributed by atoms with Gasteiger partial charge in [0.1, 0.15) is 0 Å². The second kappa shape index (κ2) is 14.9. The third kappa shape index (κ3) is 9.17. The van der Waals surface area contributed by atoms with E-state index >= 15 is 0 Å². The number of hydrogen-bond acceptors (Lipinski definition) is 0. The first-order chi connectivity index (χ1) is 15.2. The van der Waals surface area contributed by atoms with Gasteiger partial charge in [-0.05, 0) is 37.3 Å². The molecule has 0 fully saturated rings. The summed E-state index contributed by atoms with van der Waals surface area (Å²) in [5, 5.41) is 4.26. The van der Waals surface area contributed by atoms with E-state index in [0.717, 1.165) is 19.3 Å². The van der Waals surface area contributed by atoms with Gasteiger partial charge >= 0.3 is 21.7 Å². The van der Waals surface area contributed by atoms with Crippen LogP contribution in [0.5, 0.6) is 0 Å². The molecule has 0 aliphatic heterocycles. The number of aryl methyl sites for hydroxylation is 2. The molecule has 0 aromatic heterocycles. The van der Waals surface area contributed by atoms with E-state index in [2.05, 4.69) is 123 Å². The van der Waals surface area contributed by atoms with Crippen LogP contribution < -0.4 is 5.30 Å². The van der Waals surface area contributed by atoms with E-state index in [1.165, 1.54) is 27.2 Å². The van der Waals surface area contributed by atoms with E-state index in [-0.39, 0.29) is 29.6 Å². The predicted molar refractivity (Wildman–Crippen MR) is 140 cm³/mol. The average molecular weight is 470 g/mol. The third-order valence-corrected chi connectivity index (χ3v) is 6.38. The quantitative estimate of drug-likeness (QED) is 0.163. The molecule has 5 rings (SSSR count). The van der Waals surface area contributed by atoms with Gasteiger partial charge in [-0.15, -0.1) is 54.7 Å². The first-order valence-electron chi connectivity index (χ1n) is 10.8. The van der Waals surface area contributed by atoms with E-state index in [9.17, 15) is 0 Å². The summed E-state index contributed by atoms with van der Waals surface area (Å²) in [6.45, 7) is 4.59. The summed E-state index contributed by atoms with van der Waals surface area (Å²) in [5.41, 5.74) is 2.83. The predicted octanol–water partition coefficient (Wildman–Crippen LogP) is 7.70. The second-order valence-electron chi connectivity index (χ2n) is 7.71. The SMILES string of the molecule is CP(C)c1cc2ccccc2[cH-]1.[C-]1=CC=CC1.[Ti+2].c1ccc(CCc2ccccc2)cc1. The van der Waals surface area contributed by atoms with Gasteiger partial charge in [-0.25, -0.2) is 12.2 Å². The maximum absolute atomic E-state index is 2.99. The van der Waals surface area contributed by atoms with Crippen molar-refractivity contribution in [2.45, 2.75) is 19.3 Å². The van der Waals surface area contributed by atoms with Gasteiger partial charge in [-0.2, -0.15) is 12.1 Å². The fraction of sp³-hybridized carbons (Fsp3) is 0.167. The smallest absolute Gasteiger partial charge is 0.273 e. The molecule has 2 heteroatoms. The maximum atomic E-state index is 2.99. The van der Waals surface area contributed by atoms with E-state index in [1.54, 1.807) is 0 Å². The van der Waals surface area contributed by atoms with E-state index in [1.807, 2.05) is 12.2 Å². The molecule has 0 saturated carbocycles. The molecular weight excluding hydrogens is 439 g/mol. The van der Waals surface area contributed by atoms with Crippen LogP contribution in [0.2, 0.25) is 0 Å². The Bertz CT molecular complexity index is 993. The molecule has 0 nitrogen and oxygen atoms in total. The number of benzene rings is 3. The Morgan fingerprint density at radius 1 is 0.781 bits per heavy atom. The molecule has 32 heavy (non-hydrogen) atoms. The Hall–Kier alpha value is -2.11. The van der Waals surface area contributed by atoms with Crippen molar-refractivity contribution in [2.24, 2.45) is 0 Å². The number of rotatable bonds is 4. The molecule has 0 heterocycles. The number of fused-ring (bicyclic) bond motifs is 1. The molecule has 160 valence electrons. The molecule has 1 aliphatic carbocycles. The summed E-state index contributed by atoms with van der Waals surface area (Å²) in [5.74, 6) is 0. The standard InChI is InChI=1S/C14H14.C11H12P.C5H5.Ti/c1-3-7-13(8-4-1)11-12-14-9-5-2-6-10-14;1-12(2)11-7-9-5-3-4-6-10(9)8-11;1-2-4-5-3-1;/h1-10H,11-12H2;3-8H,1-2H3;1-3H,4H2;/q;2*-1;+2. The van der Waals surface area contributed by atoms with Gasteiger partial charge in [0.25, 0.3) is 0 Å². The van der Waals surface area contributed by atoms with Crippen LogP contribution in [0.3, 0.4) is 0 Å². The van der Waals surface area contributed by atoms with Crippen molar-refractivity contribution in [3.05, 3.63) is 132 Å². The number of allylic oxidation sites excluding steroid dienone is 4. The van der Waals surface area contributed by atoms with Gasteiger partial charge in [-0.3, -0.25) is 6.08 Å². The van der Waals surface area contributed by atoms with Gasteiger partial charge in [0.05, 0.1) is 0 Å². The van der Waals surface area contributed by atoms with Crippen LogP contribution >= 0.6 is 7.92 Å². The van der Waals surface area contributed by atoms with Crippen molar-refractivity contribution in [2.75, 3.05) is 13.3 Å². The van der Waals surface area contributed by atoms with Crippen LogP contribution in [-0.2, 0) is 34.6 Å². The summed E-state index contributed by atoms with van der Waals surface area (Å²) in [6.07, 6.45) is 12.3. The van der Waals surface area contributed by atoms with Crippen LogP contribution in [0, 0.1) is 6.08 Å². The van der Waals surface area contributed by atoms with Crippen molar-refractivity contribution < 1.29 is 21.7 Å². The fourth-order valence-corrected chi connectivity index (χ4v) is 4.11. The Labute approximate surface area is 210 Å². The Kier molecular flexibility index (Phi) is 12.1. The largest absolute Gasteiger partial charge is 2.00 e. The van der Waals surface area contributed by atoms with Crippen molar-refractivity contribution in [1.82, 2.24) is 0 Å². The molecule has 0 radical (unpaired) electrons. The summed E-state index contributed by atoms with van der Waals surface area (Å²) in [7, 11) is 0.0576. The van der Waals surface area contributed by atoms with Gasteiger partial charge < -0.3 is 0 Å². The third-order valence-electron chi connectivity index (χ3n) is 5.09. The molecule has 4 aromatic rings. The Morgan fingerprint density at radius 3 is 1.78 bits per heavy atom. The Morgan fingerprint density at radius 2 is 1.34 bits per heavy atom. The summed E-state index contributed by atoms with van der Waals surface area (Å²) < 4.78 is 0. The van der Waals surface area contributed by atoms with Gasteiger partial charge in [0.2, 0.25) is 0 Å². The van der Waals surface area contributed by atoms with Gasteiger partial charge in [0, 0.05) is 0 Å². The van der Waals surface area contributed by atoms with E-state index < -0.39 is 0 Å². The molecular formula is C30H31PTi. The van der Waals surface area contributed by atoms with Gasteiger partial charge in [-0.1, -0.05) is 66.7 Å². The maximum Gasteiger partial charge on any atom is 2.00 e. The molecule has 0 amide bonds. The summed E-state index contributed by atoms with van der Waals surface area (Å²) in [6, 6.07) is 34.4. The minimum absolute atomic E-state index is 0. The Balaban J connectivity index is 0.000000184. The van der Waals surface area contributed by atoms with Crippen LogP contribution in [0.4, 0.5) is 0 Å². The van der Waals surface area contributed by atoms with Crippen molar-refractivity contribution >= 4 is 24.0 Å². The zero-order valence-corrected chi connectivity index (χ0v) is 21.5.